The zero-order valence-electron chi connectivity index (χ0n) is 28.7. The fraction of sp³-hybridized carbons (Fsp3) is 0.944. The number of hydrogen-bond acceptors (Lipinski definition) is 9. The molecule has 15 atom stereocenters. The van der Waals surface area contributed by atoms with Crippen LogP contribution in [0.2, 0.25) is 0 Å². The van der Waals surface area contributed by atoms with E-state index in [1.54, 1.807) is 0 Å². The normalized spacial score (nSPS) is 51.2. The molecule has 5 aliphatic rings. The van der Waals surface area contributed by atoms with Crippen LogP contribution in [-0.2, 0) is 9.47 Å². The summed E-state index contributed by atoms with van der Waals surface area (Å²) in [5.41, 5.74) is -0.321. The second-order valence-corrected chi connectivity index (χ2v) is 17.3. The van der Waals surface area contributed by atoms with E-state index in [1.807, 2.05) is 19.9 Å². The Kier molecular flexibility index (Phi) is 9.80. The summed E-state index contributed by atoms with van der Waals surface area (Å²) in [6.45, 7) is 15.1. The summed E-state index contributed by atoms with van der Waals surface area (Å²) in [6, 6.07) is 0. The Bertz CT molecular complexity index is 1090. The van der Waals surface area contributed by atoms with Crippen LogP contribution >= 0.6 is 0 Å². The molecule has 1 saturated heterocycles. The van der Waals surface area contributed by atoms with E-state index < -0.39 is 49.0 Å². The lowest BCUT2D eigenvalue weighted by Crippen LogP contribution is -2.68. The minimum Gasteiger partial charge on any atom is -0.394 e. The second kappa shape index (κ2) is 12.4. The molecule has 0 aromatic carbocycles. The largest absolute Gasteiger partial charge is 0.394 e. The molecule has 0 radical (unpaired) electrons. The van der Waals surface area contributed by atoms with Gasteiger partial charge in [-0.2, -0.15) is 0 Å². The van der Waals surface area contributed by atoms with Crippen molar-refractivity contribution in [3.05, 3.63) is 11.6 Å². The van der Waals surface area contributed by atoms with Crippen molar-refractivity contribution in [1.82, 2.24) is 0 Å². The van der Waals surface area contributed by atoms with Gasteiger partial charge in [-0.3, -0.25) is 0 Å². The van der Waals surface area contributed by atoms with Crippen LogP contribution in [0.15, 0.2) is 11.6 Å². The number of aliphatic hydroxyl groups excluding tert-OH is 6. The van der Waals surface area contributed by atoms with E-state index in [4.69, 9.17) is 9.47 Å². The third-order valence-corrected chi connectivity index (χ3v) is 14.5. The highest BCUT2D eigenvalue weighted by atomic mass is 16.7. The van der Waals surface area contributed by atoms with Crippen LogP contribution in [0.3, 0.4) is 0 Å². The first-order valence-corrected chi connectivity index (χ1v) is 17.5. The van der Waals surface area contributed by atoms with Crippen molar-refractivity contribution in [2.75, 3.05) is 13.2 Å². The van der Waals surface area contributed by atoms with Gasteiger partial charge in [-0.05, 0) is 117 Å². The first-order valence-electron chi connectivity index (χ1n) is 17.5. The molecule has 0 bridgehead atoms. The van der Waals surface area contributed by atoms with Crippen molar-refractivity contribution in [3.63, 3.8) is 0 Å². The molecule has 0 aromatic heterocycles. The van der Waals surface area contributed by atoms with Crippen LogP contribution in [0.1, 0.15) is 106 Å². The van der Waals surface area contributed by atoms with Crippen LogP contribution in [0, 0.1) is 45.3 Å². The molecule has 0 aromatic rings. The summed E-state index contributed by atoms with van der Waals surface area (Å²) in [5.74, 6) is 1.10. The summed E-state index contributed by atoms with van der Waals surface area (Å²) in [7, 11) is 0. The summed E-state index contributed by atoms with van der Waals surface area (Å²) in [4.78, 5) is 0. The maximum absolute atomic E-state index is 12.0. The molecular formula is C36H62O9. The Morgan fingerprint density at radius 3 is 2.27 bits per heavy atom. The van der Waals surface area contributed by atoms with Gasteiger partial charge in [0.15, 0.2) is 6.29 Å². The van der Waals surface area contributed by atoms with Gasteiger partial charge in [0.2, 0.25) is 0 Å². The fourth-order valence-corrected chi connectivity index (χ4v) is 11.9. The molecular weight excluding hydrogens is 576 g/mol. The Labute approximate surface area is 270 Å². The lowest BCUT2D eigenvalue weighted by Gasteiger charge is -2.71. The number of rotatable bonds is 8. The standard InChI is InChI=1S/C36H62O9/c1-20(19-44-31-29(42)28(41)27(40)24(18-37)45-31)9-8-14-36(7,43)22-12-16-34(5)21(22)10-11-25-33(4)15-13-26(39)32(2,3)30(33)23(38)17-35(25,34)6/h9,21-31,37-43H,8,10-19H2,1-7H3/b20-9+/t21-,22+,23+,24-,25-,26+,27-,28+,29-,30+,31-,33-,34-,35-,36-/m1/s1. The third kappa shape index (κ3) is 5.68. The Balaban J connectivity index is 1.23. The number of hydrogen-bond donors (Lipinski definition) is 7. The first-order chi connectivity index (χ1) is 20.8. The molecule has 4 aliphatic carbocycles. The average Bonchev–Trinajstić information content (AvgIpc) is 3.32. The van der Waals surface area contributed by atoms with Gasteiger partial charge in [0.25, 0.3) is 0 Å². The summed E-state index contributed by atoms with van der Waals surface area (Å²) >= 11 is 0. The van der Waals surface area contributed by atoms with Crippen LogP contribution in [0.4, 0.5) is 0 Å². The average molecular weight is 639 g/mol. The molecule has 0 unspecified atom stereocenters. The molecule has 9 nitrogen and oxygen atoms in total. The molecule has 1 heterocycles. The molecule has 4 saturated carbocycles. The van der Waals surface area contributed by atoms with Crippen molar-refractivity contribution in [2.45, 2.75) is 155 Å². The number of ether oxygens (including phenoxy) is 2. The molecule has 45 heavy (non-hydrogen) atoms. The Morgan fingerprint density at radius 1 is 0.911 bits per heavy atom. The summed E-state index contributed by atoms with van der Waals surface area (Å²) < 4.78 is 11.1. The Morgan fingerprint density at radius 2 is 1.60 bits per heavy atom. The van der Waals surface area contributed by atoms with Crippen molar-refractivity contribution >= 4 is 0 Å². The summed E-state index contributed by atoms with van der Waals surface area (Å²) in [6.07, 6.45) is 2.66. The van der Waals surface area contributed by atoms with Crippen molar-refractivity contribution in [3.8, 4) is 0 Å². The smallest absolute Gasteiger partial charge is 0.187 e. The lowest BCUT2D eigenvalue weighted by atomic mass is 9.35. The minimum atomic E-state index is -1.47. The van der Waals surface area contributed by atoms with Crippen LogP contribution in [0.5, 0.6) is 0 Å². The van der Waals surface area contributed by atoms with Crippen LogP contribution in [0.25, 0.3) is 0 Å². The summed E-state index contributed by atoms with van der Waals surface area (Å²) in [5, 5.41) is 74.4. The van der Waals surface area contributed by atoms with Crippen molar-refractivity contribution in [2.24, 2.45) is 45.3 Å². The van der Waals surface area contributed by atoms with Crippen LogP contribution < -0.4 is 0 Å². The van der Waals surface area contributed by atoms with Gasteiger partial charge < -0.3 is 45.2 Å². The fourth-order valence-electron chi connectivity index (χ4n) is 11.9. The zero-order valence-corrected chi connectivity index (χ0v) is 28.7. The van der Waals surface area contributed by atoms with Crippen molar-refractivity contribution in [1.29, 1.82) is 0 Å². The maximum atomic E-state index is 12.0. The SMILES string of the molecule is C/C(=C\CC[C@@](C)(O)[C@H]1CC[C@]2(C)[C@@H]1CC[C@@H]1[C@@]3(C)CC[C@H](O)C(C)(C)[C@@H]3[C@@H](O)C[C@]12C)CO[C@@H]1O[C@H](CO)[C@@H](O)[C@H](O)[C@H]1O. The van der Waals surface area contributed by atoms with Gasteiger partial charge in [-0.25, -0.2) is 0 Å². The van der Waals surface area contributed by atoms with Crippen LogP contribution in [-0.4, -0.2) is 97.5 Å². The number of fused-ring (bicyclic) bond motifs is 5. The van der Waals surface area contributed by atoms with E-state index in [-0.39, 0.29) is 46.2 Å². The number of aliphatic hydroxyl groups is 7. The van der Waals surface area contributed by atoms with E-state index in [2.05, 4.69) is 34.6 Å². The van der Waals surface area contributed by atoms with E-state index in [9.17, 15) is 35.7 Å². The maximum Gasteiger partial charge on any atom is 0.187 e. The molecule has 9 heteroatoms. The Hall–Kier alpha value is -0.620. The topological polar surface area (TPSA) is 160 Å². The lowest BCUT2D eigenvalue weighted by molar-refractivity contribution is -0.299. The molecule has 5 fully saturated rings. The van der Waals surface area contributed by atoms with Gasteiger partial charge >= 0.3 is 0 Å². The molecule has 1 aliphatic heterocycles. The van der Waals surface area contributed by atoms with Crippen molar-refractivity contribution < 1.29 is 45.2 Å². The van der Waals surface area contributed by atoms with Gasteiger partial charge in [0, 0.05) is 0 Å². The quantitative estimate of drug-likeness (QED) is 0.198. The minimum absolute atomic E-state index is 0.0186. The van der Waals surface area contributed by atoms with E-state index in [0.29, 0.717) is 24.7 Å². The van der Waals surface area contributed by atoms with Gasteiger partial charge in [-0.1, -0.05) is 46.3 Å². The third-order valence-electron chi connectivity index (χ3n) is 14.5. The van der Waals surface area contributed by atoms with Gasteiger partial charge in [0.1, 0.15) is 24.4 Å². The second-order valence-electron chi connectivity index (χ2n) is 17.3. The predicted molar refractivity (Wildman–Crippen MR) is 170 cm³/mol. The molecule has 0 spiro atoms. The van der Waals surface area contributed by atoms with Gasteiger partial charge in [-0.15, -0.1) is 0 Å². The highest BCUT2D eigenvalue weighted by molar-refractivity contribution is 5.20. The molecule has 7 N–H and O–H groups in total. The van der Waals surface area contributed by atoms with Gasteiger partial charge in [0.05, 0.1) is 31.0 Å². The molecule has 5 rings (SSSR count). The number of allylic oxidation sites excluding steroid dienone is 1. The predicted octanol–water partition coefficient (Wildman–Crippen LogP) is 3.30. The molecule has 0 amide bonds. The van der Waals surface area contributed by atoms with E-state index in [0.717, 1.165) is 50.5 Å². The highest BCUT2D eigenvalue weighted by Crippen LogP contribution is 2.75. The highest BCUT2D eigenvalue weighted by Gasteiger charge is 2.71. The first kappa shape index (κ1) is 35.7. The van der Waals surface area contributed by atoms with E-state index in [1.165, 1.54) is 0 Å². The van der Waals surface area contributed by atoms with E-state index >= 15 is 0 Å². The monoisotopic (exact) mass is 638 g/mol. The zero-order chi connectivity index (χ0) is 33.3. The molecule has 260 valence electrons.